The molecule has 0 amide bonds. The highest BCUT2D eigenvalue weighted by molar-refractivity contribution is 5.66. The smallest absolute Gasteiger partial charge is 0.238 e. The van der Waals surface area contributed by atoms with Crippen LogP contribution in [-0.2, 0) is 6.54 Å². The van der Waals surface area contributed by atoms with Crippen LogP contribution in [0.5, 0.6) is 17.4 Å². The Morgan fingerprint density at radius 1 is 1.12 bits per heavy atom. The molecule has 0 spiro atoms. The van der Waals surface area contributed by atoms with E-state index < -0.39 is 0 Å². The Morgan fingerprint density at radius 2 is 2.06 bits per heavy atom. The number of hydrogen-bond acceptors (Lipinski definition) is 7. The van der Waals surface area contributed by atoms with Gasteiger partial charge in [-0.2, -0.15) is 5.10 Å². The van der Waals surface area contributed by atoms with Gasteiger partial charge in [0.05, 0.1) is 24.8 Å². The number of aromatic nitrogens is 6. The summed E-state index contributed by atoms with van der Waals surface area (Å²) >= 11 is 0. The van der Waals surface area contributed by atoms with Crippen LogP contribution in [0.15, 0.2) is 42.9 Å². The summed E-state index contributed by atoms with van der Waals surface area (Å²) in [6.45, 7) is 3.06. The van der Waals surface area contributed by atoms with Crippen molar-refractivity contribution in [3.63, 3.8) is 0 Å². The van der Waals surface area contributed by atoms with Gasteiger partial charge in [-0.15, -0.1) is 0 Å². The average molecular weight is 457 g/mol. The minimum Gasteiger partial charge on any atom is -0.479 e. The second-order valence-electron chi connectivity index (χ2n) is 8.35. The van der Waals surface area contributed by atoms with Gasteiger partial charge in [0.15, 0.2) is 17.3 Å². The number of ether oxygens (including phenoxy) is 3. The van der Waals surface area contributed by atoms with Crippen molar-refractivity contribution in [1.82, 2.24) is 29.3 Å². The molecular weight excluding hydrogens is 432 g/mol. The first kappa shape index (κ1) is 20.5. The molecule has 9 heteroatoms. The molecule has 0 fully saturated rings. The van der Waals surface area contributed by atoms with Crippen molar-refractivity contribution in [2.75, 3.05) is 13.9 Å². The van der Waals surface area contributed by atoms with E-state index in [9.17, 15) is 0 Å². The van der Waals surface area contributed by atoms with Crippen LogP contribution >= 0.6 is 0 Å². The molecule has 3 aromatic heterocycles. The monoisotopic (exact) mass is 456 g/mol. The van der Waals surface area contributed by atoms with E-state index in [4.69, 9.17) is 24.3 Å². The zero-order chi connectivity index (χ0) is 23.1. The Morgan fingerprint density at radius 3 is 2.91 bits per heavy atom. The van der Waals surface area contributed by atoms with E-state index in [1.54, 1.807) is 13.4 Å². The average Bonchev–Trinajstić information content (AvgIpc) is 3.61. The van der Waals surface area contributed by atoms with E-state index in [0.717, 1.165) is 59.3 Å². The van der Waals surface area contributed by atoms with Crippen molar-refractivity contribution in [3.8, 4) is 23.1 Å². The molecule has 9 nitrogen and oxygen atoms in total. The number of imidazole rings is 1. The summed E-state index contributed by atoms with van der Waals surface area (Å²) in [7, 11) is 1.61. The molecule has 6 rings (SSSR count). The number of aryl methyl sites for hydroxylation is 2. The van der Waals surface area contributed by atoms with Crippen molar-refractivity contribution < 1.29 is 14.2 Å². The number of methoxy groups -OCH3 is 1. The summed E-state index contributed by atoms with van der Waals surface area (Å²) < 4.78 is 20.7. The van der Waals surface area contributed by atoms with Gasteiger partial charge in [0, 0.05) is 24.2 Å². The van der Waals surface area contributed by atoms with E-state index in [1.165, 1.54) is 0 Å². The number of benzene rings is 1. The Kier molecular flexibility index (Phi) is 5.01. The Labute approximate surface area is 196 Å². The second-order valence-corrected chi connectivity index (χ2v) is 8.35. The Bertz CT molecular complexity index is 1390. The third-order valence-electron chi connectivity index (χ3n) is 6.14. The van der Waals surface area contributed by atoms with Gasteiger partial charge in [-0.3, -0.25) is 0 Å². The lowest BCUT2D eigenvalue weighted by Crippen LogP contribution is -2.18. The zero-order valence-corrected chi connectivity index (χ0v) is 19.0. The van der Waals surface area contributed by atoms with Crippen LogP contribution < -0.4 is 14.2 Å². The minimum absolute atomic E-state index is 0.121. The number of nitrogens with zero attached hydrogens (tertiary/aromatic N) is 6. The van der Waals surface area contributed by atoms with Crippen molar-refractivity contribution in [1.29, 1.82) is 0 Å². The normalized spacial score (nSPS) is 16.7. The maximum atomic E-state index is 5.76. The van der Waals surface area contributed by atoms with Gasteiger partial charge in [0.1, 0.15) is 11.5 Å². The Balaban J connectivity index is 1.28. The summed E-state index contributed by atoms with van der Waals surface area (Å²) in [5.74, 6) is 3.87. The highest BCUT2D eigenvalue weighted by Gasteiger charge is 2.30. The fourth-order valence-corrected chi connectivity index (χ4v) is 4.56. The number of rotatable bonds is 5. The maximum Gasteiger partial charge on any atom is 0.238 e. The van der Waals surface area contributed by atoms with Crippen LogP contribution in [0.4, 0.5) is 0 Å². The lowest BCUT2D eigenvalue weighted by atomic mass is 9.90. The van der Waals surface area contributed by atoms with Crippen LogP contribution in [0.1, 0.15) is 47.4 Å². The van der Waals surface area contributed by atoms with Gasteiger partial charge in [-0.05, 0) is 50.1 Å². The summed E-state index contributed by atoms with van der Waals surface area (Å²) in [5.41, 5.74) is 3.63. The Hall–Kier alpha value is -4.14. The molecule has 4 aromatic rings. The minimum atomic E-state index is 0.121. The van der Waals surface area contributed by atoms with Crippen LogP contribution in [0, 0.1) is 6.92 Å². The standard InChI is InChI=1S/C25H24N6O3/c1-16-13-30(14-26-16)20-10-8-17(27-25(20)32-2)9-11-22-28-24-19(6-4-12-31(24)29-22)18-5-3-7-21-23(18)34-15-33-21/h3,5,7-11,13-14,19H,4,6,12,15H2,1-2H3/t19-/m0/s1. The van der Waals surface area contributed by atoms with Gasteiger partial charge in [-0.1, -0.05) is 12.1 Å². The fourth-order valence-electron chi connectivity index (χ4n) is 4.56. The van der Waals surface area contributed by atoms with Crippen molar-refractivity contribution in [3.05, 3.63) is 71.5 Å². The molecule has 1 atom stereocenters. The lowest BCUT2D eigenvalue weighted by Gasteiger charge is -2.23. The molecule has 172 valence electrons. The molecule has 2 aliphatic heterocycles. The van der Waals surface area contributed by atoms with Crippen molar-refractivity contribution in [2.24, 2.45) is 0 Å². The third-order valence-corrected chi connectivity index (χ3v) is 6.14. The van der Waals surface area contributed by atoms with Gasteiger partial charge in [-0.25, -0.2) is 19.6 Å². The number of hydrogen-bond donors (Lipinski definition) is 0. The zero-order valence-electron chi connectivity index (χ0n) is 19.0. The highest BCUT2D eigenvalue weighted by Crippen LogP contribution is 2.43. The van der Waals surface area contributed by atoms with E-state index >= 15 is 0 Å². The predicted octanol–water partition coefficient (Wildman–Crippen LogP) is 4.00. The second kappa shape index (κ2) is 8.33. The summed E-state index contributed by atoms with van der Waals surface area (Å²) in [6, 6.07) is 9.94. The first-order valence-corrected chi connectivity index (χ1v) is 11.3. The SMILES string of the molecule is COc1nc(C=Cc2nc3n(n2)CCC[C@H]3c2cccc3c2OCO3)ccc1-n1cnc(C)c1. The molecule has 0 aliphatic carbocycles. The first-order valence-electron chi connectivity index (χ1n) is 11.3. The first-order chi connectivity index (χ1) is 16.7. The van der Waals surface area contributed by atoms with Crippen LogP contribution in [0.25, 0.3) is 17.8 Å². The van der Waals surface area contributed by atoms with E-state index in [0.29, 0.717) is 11.7 Å². The molecule has 0 radical (unpaired) electrons. The molecule has 34 heavy (non-hydrogen) atoms. The molecule has 0 unspecified atom stereocenters. The number of fused-ring (bicyclic) bond motifs is 2. The third kappa shape index (κ3) is 3.59. The van der Waals surface area contributed by atoms with Gasteiger partial charge < -0.3 is 18.8 Å². The molecule has 1 aromatic carbocycles. The fraction of sp³-hybridized carbons (Fsp3) is 0.280. The van der Waals surface area contributed by atoms with Crippen LogP contribution in [0.3, 0.4) is 0 Å². The highest BCUT2D eigenvalue weighted by atomic mass is 16.7. The van der Waals surface area contributed by atoms with E-state index in [-0.39, 0.29) is 12.7 Å². The van der Waals surface area contributed by atoms with Gasteiger partial charge in [0.2, 0.25) is 12.7 Å². The van der Waals surface area contributed by atoms with E-state index in [2.05, 4.69) is 16.0 Å². The number of pyridine rings is 1. The number of para-hydroxylation sites is 1. The maximum absolute atomic E-state index is 5.76. The molecule has 2 aliphatic rings. The molecule has 0 saturated carbocycles. The predicted molar refractivity (Wildman–Crippen MR) is 125 cm³/mol. The summed E-state index contributed by atoms with van der Waals surface area (Å²) in [5, 5.41) is 4.72. The molecular formula is C25H24N6O3. The van der Waals surface area contributed by atoms with Crippen LogP contribution in [-0.4, -0.2) is 43.2 Å². The largest absolute Gasteiger partial charge is 0.479 e. The van der Waals surface area contributed by atoms with Gasteiger partial charge >= 0.3 is 0 Å². The quantitative estimate of drug-likeness (QED) is 0.448. The van der Waals surface area contributed by atoms with E-state index in [1.807, 2.05) is 58.8 Å². The molecule has 0 bridgehead atoms. The van der Waals surface area contributed by atoms with Crippen molar-refractivity contribution >= 4 is 12.2 Å². The molecule has 0 saturated heterocycles. The lowest BCUT2D eigenvalue weighted by molar-refractivity contribution is 0.173. The summed E-state index contributed by atoms with van der Waals surface area (Å²) in [4.78, 5) is 13.8. The molecule has 0 N–H and O–H groups in total. The van der Waals surface area contributed by atoms with Crippen LogP contribution in [0.2, 0.25) is 0 Å². The summed E-state index contributed by atoms with van der Waals surface area (Å²) in [6.07, 6.45) is 9.50. The topological polar surface area (TPSA) is 89.1 Å². The molecule has 5 heterocycles. The van der Waals surface area contributed by atoms with Crippen molar-refractivity contribution in [2.45, 2.75) is 32.2 Å². The van der Waals surface area contributed by atoms with Gasteiger partial charge in [0.25, 0.3) is 0 Å².